The Morgan fingerprint density at radius 2 is 1.17 bits per heavy atom. The highest BCUT2D eigenvalue weighted by Gasteiger charge is 2.23. The van der Waals surface area contributed by atoms with Crippen molar-refractivity contribution >= 4 is 11.3 Å². The van der Waals surface area contributed by atoms with Crippen molar-refractivity contribution in [2.75, 3.05) is 5.01 Å². The molecule has 3 aromatic rings. The molecule has 3 aromatic carbocycles. The molecule has 0 radical (unpaired) electrons. The number of anilines is 1. The molecule has 0 fully saturated rings. The van der Waals surface area contributed by atoms with E-state index in [4.69, 9.17) is 0 Å². The summed E-state index contributed by atoms with van der Waals surface area (Å²) in [6.45, 7) is 0. The van der Waals surface area contributed by atoms with Gasteiger partial charge in [0.25, 0.3) is 0 Å². The molecule has 1 N–H and O–H groups in total. The highest BCUT2D eigenvalue weighted by Crippen LogP contribution is 2.32. The molecule has 1 aliphatic heterocycles. The molecule has 1 heterocycles. The van der Waals surface area contributed by atoms with Crippen molar-refractivity contribution in [3.8, 4) is 0 Å². The number of nitrogens with zero attached hydrogens (tertiary/aromatic N) is 3. The minimum Gasteiger partial charge on any atom is -0.218 e. The first-order valence-electron chi connectivity index (χ1n) is 7.80. The third-order valence-corrected chi connectivity index (χ3v) is 3.86. The zero-order valence-corrected chi connectivity index (χ0v) is 13.0. The summed E-state index contributed by atoms with van der Waals surface area (Å²) in [6.07, 6.45) is 0. The van der Waals surface area contributed by atoms with E-state index >= 15 is 0 Å². The van der Waals surface area contributed by atoms with E-state index in [9.17, 15) is 0 Å². The second-order valence-corrected chi connectivity index (χ2v) is 5.40. The van der Waals surface area contributed by atoms with Crippen molar-refractivity contribution < 1.29 is 0 Å². The van der Waals surface area contributed by atoms with Gasteiger partial charge >= 0.3 is 0 Å². The minimum absolute atomic E-state index is 0.776. The summed E-state index contributed by atoms with van der Waals surface area (Å²) in [5.41, 5.74) is 7.20. The summed E-state index contributed by atoms with van der Waals surface area (Å²) in [5.74, 6) is 0.776. The van der Waals surface area contributed by atoms with Gasteiger partial charge in [0.1, 0.15) is 0 Å². The Labute approximate surface area is 140 Å². The van der Waals surface area contributed by atoms with Crippen LogP contribution >= 0.6 is 0 Å². The van der Waals surface area contributed by atoms with Gasteiger partial charge in [-0.3, -0.25) is 0 Å². The zero-order chi connectivity index (χ0) is 16.2. The molecule has 4 heteroatoms. The van der Waals surface area contributed by atoms with Crippen molar-refractivity contribution in [1.29, 1.82) is 0 Å². The number of hydrogen-bond acceptors (Lipinski definition) is 4. The van der Waals surface area contributed by atoms with E-state index in [1.165, 1.54) is 0 Å². The molecule has 0 atom stereocenters. The first kappa shape index (κ1) is 14.2. The van der Waals surface area contributed by atoms with Crippen LogP contribution in [0.1, 0.15) is 11.1 Å². The van der Waals surface area contributed by atoms with E-state index in [1.807, 2.05) is 71.7 Å². The standard InChI is InChI=1S/C20H16N4/c1-4-10-16(11-5-1)19(17-12-6-2-7-13-17)20-21-22-23-24(20)18-14-8-3-9-15-18/h1-15H,(H,21,23). The Morgan fingerprint density at radius 3 is 1.71 bits per heavy atom. The van der Waals surface area contributed by atoms with Gasteiger partial charge in [-0.1, -0.05) is 84.1 Å². The molecule has 1 aliphatic rings. The van der Waals surface area contributed by atoms with Gasteiger partial charge in [0, 0.05) is 5.57 Å². The van der Waals surface area contributed by atoms with Crippen molar-refractivity contribution in [2.24, 2.45) is 10.3 Å². The molecule has 0 aromatic heterocycles. The lowest BCUT2D eigenvalue weighted by molar-refractivity contribution is 0.773. The number of rotatable bonds is 3. The molecule has 24 heavy (non-hydrogen) atoms. The molecule has 116 valence electrons. The molecule has 4 nitrogen and oxygen atoms in total. The van der Waals surface area contributed by atoms with E-state index in [1.54, 1.807) is 0 Å². The Morgan fingerprint density at radius 1 is 0.667 bits per heavy atom. The molecule has 0 aliphatic carbocycles. The smallest absolute Gasteiger partial charge is 0.186 e. The minimum atomic E-state index is 0.776. The Kier molecular flexibility index (Phi) is 3.78. The van der Waals surface area contributed by atoms with E-state index in [0.717, 1.165) is 28.2 Å². The Balaban J connectivity index is 1.91. The Bertz CT molecular complexity index is 830. The first-order valence-corrected chi connectivity index (χ1v) is 7.80. The summed E-state index contributed by atoms with van der Waals surface area (Å²) in [5, 5.41) is 10.3. The van der Waals surface area contributed by atoms with Crippen LogP contribution in [0.15, 0.2) is 107 Å². The van der Waals surface area contributed by atoms with Crippen LogP contribution in [-0.2, 0) is 0 Å². The molecule has 4 rings (SSSR count). The molecule has 0 amide bonds. The molecule has 0 saturated heterocycles. The third kappa shape index (κ3) is 2.65. The van der Waals surface area contributed by atoms with Crippen molar-refractivity contribution in [1.82, 2.24) is 5.53 Å². The number of hydrazine groups is 1. The summed E-state index contributed by atoms with van der Waals surface area (Å²) in [4.78, 5) is 0. The van der Waals surface area contributed by atoms with E-state index in [0.29, 0.717) is 0 Å². The maximum Gasteiger partial charge on any atom is 0.186 e. The molecular formula is C20H16N4. The van der Waals surface area contributed by atoms with Gasteiger partial charge in [0.2, 0.25) is 0 Å². The average Bonchev–Trinajstić information content (AvgIpc) is 3.14. The SMILES string of the molecule is c1ccc(C(=C2N=NNN2c2ccccc2)c2ccccc2)cc1. The van der Waals surface area contributed by atoms with Crippen LogP contribution in [0.25, 0.3) is 5.57 Å². The lowest BCUT2D eigenvalue weighted by Crippen LogP contribution is -2.28. The fraction of sp³-hybridized carbons (Fsp3) is 0. The van der Waals surface area contributed by atoms with Crippen LogP contribution in [0.2, 0.25) is 0 Å². The second-order valence-electron chi connectivity index (χ2n) is 5.40. The van der Waals surface area contributed by atoms with Gasteiger partial charge < -0.3 is 0 Å². The van der Waals surface area contributed by atoms with Gasteiger partial charge in [-0.2, -0.15) is 5.53 Å². The number of benzene rings is 3. The van der Waals surface area contributed by atoms with Crippen LogP contribution in [0.5, 0.6) is 0 Å². The van der Waals surface area contributed by atoms with Gasteiger partial charge in [0.15, 0.2) is 5.82 Å². The monoisotopic (exact) mass is 312 g/mol. The normalized spacial score (nSPS) is 13.0. The number of para-hydroxylation sites is 1. The van der Waals surface area contributed by atoms with Crippen molar-refractivity contribution in [2.45, 2.75) is 0 Å². The molecule has 0 saturated carbocycles. The Hall–Kier alpha value is -3.40. The van der Waals surface area contributed by atoms with Crippen LogP contribution in [0, 0.1) is 0 Å². The zero-order valence-electron chi connectivity index (χ0n) is 13.0. The quantitative estimate of drug-likeness (QED) is 0.755. The fourth-order valence-electron chi connectivity index (χ4n) is 2.76. The summed E-state index contributed by atoms with van der Waals surface area (Å²) < 4.78 is 0. The van der Waals surface area contributed by atoms with E-state index < -0.39 is 0 Å². The van der Waals surface area contributed by atoms with Crippen molar-refractivity contribution in [3.05, 3.63) is 108 Å². The van der Waals surface area contributed by atoms with Gasteiger partial charge in [-0.25, -0.2) is 5.01 Å². The second kappa shape index (κ2) is 6.38. The van der Waals surface area contributed by atoms with Crippen LogP contribution in [0.3, 0.4) is 0 Å². The van der Waals surface area contributed by atoms with Crippen LogP contribution in [-0.4, -0.2) is 0 Å². The summed E-state index contributed by atoms with van der Waals surface area (Å²) >= 11 is 0. The predicted octanol–water partition coefficient (Wildman–Crippen LogP) is 4.80. The van der Waals surface area contributed by atoms with Gasteiger partial charge in [-0.05, 0) is 23.3 Å². The first-order chi connectivity index (χ1) is 11.9. The number of nitrogens with one attached hydrogen (secondary N) is 1. The molecular weight excluding hydrogens is 296 g/mol. The predicted molar refractivity (Wildman–Crippen MR) is 95.8 cm³/mol. The molecule has 0 unspecified atom stereocenters. The maximum absolute atomic E-state index is 4.37. The van der Waals surface area contributed by atoms with Crippen LogP contribution in [0.4, 0.5) is 5.69 Å². The summed E-state index contributed by atoms with van der Waals surface area (Å²) in [7, 11) is 0. The maximum atomic E-state index is 4.37. The van der Waals surface area contributed by atoms with E-state index in [2.05, 4.69) is 40.1 Å². The lowest BCUT2D eigenvalue weighted by Gasteiger charge is -2.20. The number of hydrogen-bond donors (Lipinski definition) is 1. The third-order valence-electron chi connectivity index (χ3n) is 3.86. The highest BCUT2D eigenvalue weighted by molar-refractivity contribution is 5.84. The van der Waals surface area contributed by atoms with Crippen molar-refractivity contribution in [3.63, 3.8) is 0 Å². The van der Waals surface area contributed by atoms with Gasteiger partial charge in [0.05, 0.1) is 5.69 Å². The largest absolute Gasteiger partial charge is 0.218 e. The lowest BCUT2D eigenvalue weighted by atomic mass is 9.97. The van der Waals surface area contributed by atoms with E-state index in [-0.39, 0.29) is 0 Å². The highest BCUT2D eigenvalue weighted by atomic mass is 15.8. The topological polar surface area (TPSA) is 40.0 Å². The average molecular weight is 312 g/mol. The van der Waals surface area contributed by atoms with Gasteiger partial charge in [-0.15, -0.1) is 5.11 Å². The van der Waals surface area contributed by atoms with Crippen LogP contribution < -0.4 is 10.5 Å². The fourth-order valence-corrected chi connectivity index (χ4v) is 2.76. The summed E-state index contributed by atoms with van der Waals surface area (Å²) in [6, 6.07) is 30.6. The molecule has 0 spiro atoms. The molecule has 0 bridgehead atoms.